The van der Waals surface area contributed by atoms with E-state index < -0.39 is 0 Å². The molecule has 104 valence electrons. The van der Waals surface area contributed by atoms with Crippen molar-refractivity contribution in [3.05, 3.63) is 72.6 Å². The molecule has 0 saturated carbocycles. The number of tetrazole rings is 1. The second-order valence-electron chi connectivity index (χ2n) is 4.38. The molecule has 0 unspecified atom stereocenters. The third-order valence-corrected chi connectivity index (χ3v) is 2.89. The van der Waals surface area contributed by atoms with E-state index in [0.717, 1.165) is 17.0 Å². The van der Waals surface area contributed by atoms with Crippen molar-refractivity contribution in [1.82, 2.24) is 20.2 Å². The van der Waals surface area contributed by atoms with Gasteiger partial charge in [0.25, 0.3) is 0 Å². The molecule has 0 spiro atoms. The van der Waals surface area contributed by atoms with Crippen LogP contribution in [0.5, 0.6) is 5.75 Å². The van der Waals surface area contributed by atoms with Gasteiger partial charge in [0, 0.05) is 6.07 Å². The van der Waals surface area contributed by atoms with E-state index in [1.54, 1.807) is 11.0 Å². The van der Waals surface area contributed by atoms with Gasteiger partial charge in [-0.05, 0) is 34.2 Å². The lowest BCUT2D eigenvalue weighted by Gasteiger charge is -2.05. The zero-order valence-corrected chi connectivity index (χ0v) is 11.3. The Labute approximate surface area is 122 Å². The highest BCUT2D eigenvalue weighted by Crippen LogP contribution is 2.15. The standard InChI is InChI=1S/C16H14N4O/c1-2-6-14(7-3-1)8-5-11-21-16-10-4-9-15(12-16)20-13-17-18-19-20/h1-10,12-13H,11H2. The van der Waals surface area contributed by atoms with Crippen LogP contribution in [0.3, 0.4) is 0 Å². The van der Waals surface area contributed by atoms with E-state index in [0.29, 0.717) is 6.61 Å². The number of ether oxygens (including phenoxy) is 1. The number of benzene rings is 2. The van der Waals surface area contributed by atoms with Crippen molar-refractivity contribution in [1.29, 1.82) is 0 Å². The van der Waals surface area contributed by atoms with Crippen LogP contribution < -0.4 is 4.74 Å². The van der Waals surface area contributed by atoms with E-state index in [1.807, 2.05) is 54.6 Å². The molecular weight excluding hydrogens is 264 g/mol. The van der Waals surface area contributed by atoms with Crippen LogP contribution in [0.15, 0.2) is 67.0 Å². The Hall–Kier alpha value is -2.95. The third-order valence-electron chi connectivity index (χ3n) is 2.89. The minimum absolute atomic E-state index is 0.508. The molecule has 21 heavy (non-hydrogen) atoms. The first-order chi connectivity index (χ1) is 10.4. The fraction of sp³-hybridized carbons (Fsp3) is 0.0625. The molecule has 2 aromatic carbocycles. The molecule has 0 radical (unpaired) electrons. The zero-order valence-electron chi connectivity index (χ0n) is 11.3. The van der Waals surface area contributed by atoms with Gasteiger partial charge in [-0.25, -0.2) is 4.68 Å². The number of nitrogens with zero attached hydrogens (tertiary/aromatic N) is 4. The molecular formula is C16H14N4O. The van der Waals surface area contributed by atoms with Crippen molar-refractivity contribution >= 4 is 6.08 Å². The van der Waals surface area contributed by atoms with E-state index in [4.69, 9.17) is 4.74 Å². The van der Waals surface area contributed by atoms with Gasteiger partial charge in [0.2, 0.25) is 0 Å². The van der Waals surface area contributed by atoms with Crippen LogP contribution in [-0.4, -0.2) is 26.8 Å². The topological polar surface area (TPSA) is 52.8 Å². The van der Waals surface area contributed by atoms with Crippen LogP contribution in [0.4, 0.5) is 0 Å². The Morgan fingerprint density at radius 2 is 1.95 bits per heavy atom. The molecule has 1 heterocycles. The number of rotatable bonds is 5. The molecule has 0 aliphatic carbocycles. The van der Waals surface area contributed by atoms with E-state index in [2.05, 4.69) is 27.7 Å². The number of hydrogen-bond donors (Lipinski definition) is 0. The van der Waals surface area contributed by atoms with Crippen LogP contribution in [0.25, 0.3) is 11.8 Å². The van der Waals surface area contributed by atoms with Crippen molar-refractivity contribution in [2.24, 2.45) is 0 Å². The van der Waals surface area contributed by atoms with Crippen molar-refractivity contribution in [3.8, 4) is 11.4 Å². The van der Waals surface area contributed by atoms with Crippen LogP contribution in [0, 0.1) is 0 Å². The first-order valence-electron chi connectivity index (χ1n) is 6.60. The summed E-state index contributed by atoms with van der Waals surface area (Å²) in [7, 11) is 0. The van der Waals surface area contributed by atoms with Crippen LogP contribution in [-0.2, 0) is 0 Å². The maximum Gasteiger partial charge on any atom is 0.143 e. The number of aromatic nitrogens is 4. The first kappa shape index (κ1) is 13.1. The molecule has 0 bridgehead atoms. The predicted octanol–water partition coefficient (Wildman–Crippen LogP) is 2.75. The van der Waals surface area contributed by atoms with Crippen molar-refractivity contribution in [2.45, 2.75) is 0 Å². The normalized spacial score (nSPS) is 10.9. The Morgan fingerprint density at radius 1 is 1.05 bits per heavy atom. The Morgan fingerprint density at radius 3 is 2.76 bits per heavy atom. The van der Waals surface area contributed by atoms with Crippen LogP contribution in [0.1, 0.15) is 5.56 Å². The van der Waals surface area contributed by atoms with Gasteiger partial charge in [-0.2, -0.15) is 0 Å². The average Bonchev–Trinajstić information content (AvgIpc) is 3.07. The Bertz CT molecular complexity index is 708. The SMILES string of the molecule is C(=Cc1ccccc1)COc1cccc(-n2cnnn2)c1. The predicted molar refractivity (Wildman–Crippen MR) is 80.1 cm³/mol. The maximum atomic E-state index is 5.70. The molecule has 0 amide bonds. The quantitative estimate of drug-likeness (QED) is 0.720. The minimum atomic E-state index is 0.508. The van der Waals surface area contributed by atoms with E-state index in [1.165, 1.54) is 0 Å². The molecule has 0 saturated heterocycles. The highest BCUT2D eigenvalue weighted by atomic mass is 16.5. The largest absolute Gasteiger partial charge is 0.489 e. The Kier molecular flexibility index (Phi) is 4.02. The fourth-order valence-electron chi connectivity index (χ4n) is 1.89. The van der Waals surface area contributed by atoms with Crippen molar-refractivity contribution < 1.29 is 4.74 Å². The van der Waals surface area contributed by atoms with Gasteiger partial charge in [-0.3, -0.25) is 0 Å². The summed E-state index contributed by atoms with van der Waals surface area (Å²) in [6.45, 7) is 0.508. The van der Waals surface area contributed by atoms with Crippen molar-refractivity contribution in [2.75, 3.05) is 6.61 Å². The molecule has 0 aliphatic rings. The molecule has 1 aromatic heterocycles. The maximum absolute atomic E-state index is 5.70. The molecule has 3 aromatic rings. The summed E-state index contributed by atoms with van der Waals surface area (Å²) in [5, 5.41) is 11.1. The van der Waals surface area contributed by atoms with E-state index in [9.17, 15) is 0 Å². The minimum Gasteiger partial charge on any atom is -0.489 e. The number of hydrogen-bond acceptors (Lipinski definition) is 4. The summed E-state index contributed by atoms with van der Waals surface area (Å²) in [6, 6.07) is 17.8. The highest BCUT2D eigenvalue weighted by molar-refractivity contribution is 5.48. The van der Waals surface area contributed by atoms with Gasteiger partial charge in [-0.15, -0.1) is 5.10 Å². The van der Waals surface area contributed by atoms with Crippen LogP contribution >= 0.6 is 0 Å². The van der Waals surface area contributed by atoms with Gasteiger partial charge < -0.3 is 4.74 Å². The van der Waals surface area contributed by atoms with E-state index >= 15 is 0 Å². The lowest BCUT2D eigenvalue weighted by molar-refractivity contribution is 0.363. The molecule has 0 N–H and O–H groups in total. The summed E-state index contributed by atoms with van der Waals surface area (Å²) >= 11 is 0. The summed E-state index contributed by atoms with van der Waals surface area (Å²) in [6.07, 6.45) is 5.57. The fourth-order valence-corrected chi connectivity index (χ4v) is 1.89. The highest BCUT2D eigenvalue weighted by Gasteiger charge is 1.99. The second-order valence-corrected chi connectivity index (χ2v) is 4.38. The summed E-state index contributed by atoms with van der Waals surface area (Å²) in [5.41, 5.74) is 2.02. The smallest absolute Gasteiger partial charge is 0.143 e. The first-order valence-corrected chi connectivity index (χ1v) is 6.60. The van der Waals surface area contributed by atoms with Crippen molar-refractivity contribution in [3.63, 3.8) is 0 Å². The second kappa shape index (κ2) is 6.47. The zero-order chi connectivity index (χ0) is 14.3. The van der Waals surface area contributed by atoms with Gasteiger partial charge >= 0.3 is 0 Å². The molecule has 5 heteroatoms. The van der Waals surface area contributed by atoms with Gasteiger partial charge in [0.1, 0.15) is 18.7 Å². The monoisotopic (exact) mass is 278 g/mol. The Balaban J connectivity index is 1.61. The third kappa shape index (κ3) is 3.54. The molecule has 3 rings (SSSR count). The summed E-state index contributed by atoms with van der Waals surface area (Å²) in [5.74, 6) is 0.778. The lowest BCUT2D eigenvalue weighted by Crippen LogP contribution is -1.97. The summed E-state index contributed by atoms with van der Waals surface area (Å²) in [4.78, 5) is 0. The lowest BCUT2D eigenvalue weighted by atomic mass is 10.2. The molecule has 0 fully saturated rings. The van der Waals surface area contributed by atoms with Crippen LogP contribution in [0.2, 0.25) is 0 Å². The van der Waals surface area contributed by atoms with E-state index in [-0.39, 0.29) is 0 Å². The molecule has 0 aliphatic heterocycles. The molecule has 0 atom stereocenters. The van der Waals surface area contributed by atoms with Gasteiger partial charge in [0.15, 0.2) is 0 Å². The van der Waals surface area contributed by atoms with Gasteiger partial charge in [0.05, 0.1) is 5.69 Å². The molecule has 5 nitrogen and oxygen atoms in total. The average molecular weight is 278 g/mol. The van der Waals surface area contributed by atoms with Gasteiger partial charge in [-0.1, -0.05) is 42.5 Å². The summed E-state index contributed by atoms with van der Waals surface area (Å²) < 4.78 is 7.29.